The first kappa shape index (κ1) is 16.3. The first-order valence-electron chi connectivity index (χ1n) is 8.16. The van der Waals surface area contributed by atoms with Crippen molar-refractivity contribution in [3.63, 3.8) is 0 Å². The molecule has 2 heterocycles. The van der Waals surface area contributed by atoms with Crippen LogP contribution in [0.15, 0.2) is 24.3 Å². The first-order chi connectivity index (χ1) is 11.0. The van der Waals surface area contributed by atoms with Crippen LogP contribution in [0.25, 0.3) is 0 Å². The van der Waals surface area contributed by atoms with Crippen molar-refractivity contribution in [3.05, 3.63) is 35.4 Å². The van der Waals surface area contributed by atoms with Crippen LogP contribution < -0.4 is 5.32 Å². The van der Waals surface area contributed by atoms with Gasteiger partial charge in [-0.3, -0.25) is 4.79 Å². The fourth-order valence-electron chi connectivity index (χ4n) is 3.69. The van der Waals surface area contributed by atoms with Gasteiger partial charge in [-0.25, -0.2) is 0 Å². The van der Waals surface area contributed by atoms with E-state index in [9.17, 15) is 18.0 Å². The largest absolute Gasteiger partial charge is 0.416 e. The van der Waals surface area contributed by atoms with Gasteiger partial charge in [-0.1, -0.05) is 6.42 Å². The second-order valence-corrected chi connectivity index (χ2v) is 6.39. The number of carbonyl (C=O) groups excluding carboxylic acids is 1. The van der Waals surface area contributed by atoms with E-state index in [1.165, 1.54) is 12.1 Å². The van der Waals surface area contributed by atoms with Crippen molar-refractivity contribution < 1.29 is 18.0 Å². The summed E-state index contributed by atoms with van der Waals surface area (Å²) in [5, 5.41) is 3.37. The number of fused-ring (bicyclic) bond motifs is 1. The number of halogens is 3. The average Bonchev–Trinajstić information content (AvgIpc) is 2.76. The highest BCUT2D eigenvalue weighted by atomic mass is 19.4. The van der Waals surface area contributed by atoms with E-state index < -0.39 is 11.7 Å². The molecule has 3 rings (SSSR count). The van der Waals surface area contributed by atoms with Gasteiger partial charge in [0.1, 0.15) is 0 Å². The molecule has 2 aliphatic rings. The minimum absolute atomic E-state index is 0.141. The topological polar surface area (TPSA) is 32.3 Å². The predicted molar refractivity (Wildman–Crippen MR) is 81.1 cm³/mol. The maximum absolute atomic E-state index is 12.8. The van der Waals surface area contributed by atoms with Crippen LogP contribution >= 0.6 is 0 Å². The van der Waals surface area contributed by atoms with Gasteiger partial charge < -0.3 is 10.2 Å². The number of alkyl halides is 3. The van der Waals surface area contributed by atoms with E-state index in [4.69, 9.17) is 0 Å². The number of nitrogens with zero attached hydrogens (tertiary/aromatic N) is 1. The van der Waals surface area contributed by atoms with E-state index in [1.807, 2.05) is 4.90 Å². The molecule has 2 aliphatic heterocycles. The number of likely N-dealkylation sites (tertiary alicyclic amines) is 1. The Hall–Kier alpha value is -1.56. The summed E-state index contributed by atoms with van der Waals surface area (Å²) in [6.45, 7) is 2.50. The number of hydrogen-bond acceptors (Lipinski definition) is 2. The summed E-state index contributed by atoms with van der Waals surface area (Å²) < 4.78 is 37.9. The van der Waals surface area contributed by atoms with Crippen molar-refractivity contribution in [1.82, 2.24) is 10.2 Å². The Morgan fingerprint density at radius 3 is 2.57 bits per heavy atom. The van der Waals surface area contributed by atoms with Gasteiger partial charge in [0.05, 0.1) is 5.56 Å². The number of carbonyl (C=O) groups is 1. The zero-order valence-corrected chi connectivity index (χ0v) is 12.9. The van der Waals surface area contributed by atoms with E-state index >= 15 is 0 Å². The third kappa shape index (κ3) is 3.52. The zero-order chi connectivity index (χ0) is 16.4. The van der Waals surface area contributed by atoms with Crippen LogP contribution in [0.5, 0.6) is 0 Å². The molecule has 0 aromatic heterocycles. The van der Waals surface area contributed by atoms with Crippen LogP contribution in [0.3, 0.4) is 0 Å². The molecule has 0 bridgehead atoms. The molecular formula is C17H21F3N2O. The Bertz CT molecular complexity index is 556. The molecule has 23 heavy (non-hydrogen) atoms. The van der Waals surface area contributed by atoms with Gasteiger partial charge in [-0.05, 0) is 62.5 Å². The molecule has 2 fully saturated rings. The van der Waals surface area contributed by atoms with Gasteiger partial charge in [0.25, 0.3) is 5.91 Å². The molecule has 1 amide bonds. The van der Waals surface area contributed by atoms with Crippen molar-refractivity contribution in [2.75, 3.05) is 19.6 Å². The Labute approximate surface area is 133 Å². The molecule has 0 spiro atoms. The molecule has 0 saturated carbocycles. The summed E-state index contributed by atoms with van der Waals surface area (Å²) in [7, 11) is 0. The lowest BCUT2D eigenvalue weighted by Crippen LogP contribution is -2.51. The molecule has 1 aromatic carbocycles. The highest BCUT2D eigenvalue weighted by Gasteiger charge is 2.35. The number of hydrogen-bond donors (Lipinski definition) is 1. The van der Waals surface area contributed by atoms with E-state index in [-0.39, 0.29) is 11.9 Å². The second kappa shape index (κ2) is 6.51. The van der Waals surface area contributed by atoms with Crippen molar-refractivity contribution in [2.45, 2.75) is 37.9 Å². The molecule has 2 saturated heterocycles. The molecule has 3 nitrogen and oxygen atoms in total. The standard InChI is InChI=1S/C17H21F3N2O/c18-17(19,20)14-6-4-12(5-7-14)16(23)22-10-2-1-3-13-11-21-9-8-15(13)22/h4-7,13,15,21H,1-3,8-11H2/t13-,15+/m0/s1. The van der Waals surface area contributed by atoms with Crippen LogP contribution in [0.2, 0.25) is 0 Å². The lowest BCUT2D eigenvalue weighted by Gasteiger charge is -2.38. The predicted octanol–water partition coefficient (Wildman–Crippen LogP) is 3.31. The van der Waals surface area contributed by atoms with Crippen LogP contribution in [0, 0.1) is 5.92 Å². The molecule has 1 aromatic rings. The Morgan fingerprint density at radius 1 is 1.13 bits per heavy atom. The molecule has 126 valence electrons. The second-order valence-electron chi connectivity index (χ2n) is 6.39. The van der Waals surface area contributed by atoms with Crippen LogP contribution in [-0.4, -0.2) is 36.5 Å². The first-order valence-corrected chi connectivity index (χ1v) is 8.16. The van der Waals surface area contributed by atoms with Crippen molar-refractivity contribution in [3.8, 4) is 0 Å². The van der Waals surface area contributed by atoms with E-state index in [0.717, 1.165) is 50.9 Å². The normalized spacial score (nSPS) is 25.6. The summed E-state index contributed by atoms with van der Waals surface area (Å²) in [5.74, 6) is 0.308. The molecule has 0 aliphatic carbocycles. The molecule has 2 atom stereocenters. The maximum Gasteiger partial charge on any atom is 0.416 e. The quantitative estimate of drug-likeness (QED) is 0.859. The lowest BCUT2D eigenvalue weighted by atomic mass is 9.89. The molecule has 0 radical (unpaired) electrons. The fourth-order valence-corrected chi connectivity index (χ4v) is 3.69. The van der Waals surface area contributed by atoms with Gasteiger partial charge in [-0.2, -0.15) is 13.2 Å². The smallest absolute Gasteiger partial charge is 0.335 e. The van der Waals surface area contributed by atoms with Gasteiger partial charge in [-0.15, -0.1) is 0 Å². The number of piperidine rings is 1. The Balaban J connectivity index is 1.80. The number of nitrogens with one attached hydrogen (secondary N) is 1. The van der Waals surface area contributed by atoms with Crippen molar-refractivity contribution >= 4 is 5.91 Å². The Morgan fingerprint density at radius 2 is 1.87 bits per heavy atom. The van der Waals surface area contributed by atoms with Gasteiger partial charge >= 0.3 is 6.18 Å². The average molecular weight is 326 g/mol. The minimum atomic E-state index is -4.37. The Kier molecular flexibility index (Phi) is 4.62. The number of amides is 1. The maximum atomic E-state index is 12.8. The van der Waals surface area contributed by atoms with E-state index in [0.29, 0.717) is 18.0 Å². The van der Waals surface area contributed by atoms with E-state index in [1.54, 1.807) is 0 Å². The van der Waals surface area contributed by atoms with Gasteiger partial charge in [0.2, 0.25) is 0 Å². The highest BCUT2D eigenvalue weighted by Crippen LogP contribution is 2.31. The SMILES string of the molecule is O=C(c1ccc(C(F)(F)F)cc1)N1CCCC[C@H]2CNCC[C@H]21. The molecular weight excluding hydrogens is 305 g/mol. The van der Waals surface area contributed by atoms with Crippen LogP contribution in [0.1, 0.15) is 41.6 Å². The summed E-state index contributed by atoms with van der Waals surface area (Å²) in [5.41, 5.74) is -0.373. The molecule has 0 unspecified atom stereocenters. The summed E-state index contributed by atoms with van der Waals surface area (Å²) in [6, 6.07) is 4.78. The monoisotopic (exact) mass is 326 g/mol. The van der Waals surface area contributed by atoms with Crippen molar-refractivity contribution in [1.29, 1.82) is 0 Å². The fraction of sp³-hybridized carbons (Fsp3) is 0.588. The number of benzene rings is 1. The summed E-state index contributed by atoms with van der Waals surface area (Å²) in [4.78, 5) is 14.7. The van der Waals surface area contributed by atoms with Crippen LogP contribution in [0.4, 0.5) is 13.2 Å². The highest BCUT2D eigenvalue weighted by molar-refractivity contribution is 5.94. The minimum Gasteiger partial charge on any atom is -0.335 e. The van der Waals surface area contributed by atoms with E-state index in [2.05, 4.69) is 5.32 Å². The van der Waals surface area contributed by atoms with Gasteiger partial charge in [0, 0.05) is 18.2 Å². The summed E-state index contributed by atoms with van der Waals surface area (Å²) in [6.07, 6.45) is -0.297. The van der Waals surface area contributed by atoms with Gasteiger partial charge in [0.15, 0.2) is 0 Å². The third-order valence-corrected chi connectivity index (χ3v) is 4.91. The van der Waals surface area contributed by atoms with Crippen molar-refractivity contribution in [2.24, 2.45) is 5.92 Å². The molecule has 6 heteroatoms. The summed E-state index contributed by atoms with van der Waals surface area (Å²) >= 11 is 0. The number of rotatable bonds is 1. The third-order valence-electron chi connectivity index (χ3n) is 4.91. The van der Waals surface area contributed by atoms with Crippen LogP contribution in [-0.2, 0) is 6.18 Å². The molecule has 1 N–H and O–H groups in total. The zero-order valence-electron chi connectivity index (χ0n) is 12.9. The lowest BCUT2D eigenvalue weighted by molar-refractivity contribution is -0.137.